The molecule has 1 aliphatic carbocycles. The van der Waals surface area contributed by atoms with Crippen LogP contribution in [-0.4, -0.2) is 5.11 Å². The van der Waals surface area contributed by atoms with E-state index in [4.69, 9.17) is 0 Å². The van der Waals surface area contributed by atoms with Gasteiger partial charge in [0.1, 0.15) is 0 Å². The molecule has 1 nitrogen and oxygen atoms in total. The third-order valence-electron chi connectivity index (χ3n) is 3.88. The summed E-state index contributed by atoms with van der Waals surface area (Å²) in [6.45, 7) is 2.09. The Morgan fingerprint density at radius 2 is 1.94 bits per heavy atom. The summed E-state index contributed by atoms with van der Waals surface area (Å²) in [4.78, 5) is 2.40. The lowest BCUT2D eigenvalue weighted by Gasteiger charge is -2.28. The maximum absolute atomic E-state index is 10.5. The Balaban J connectivity index is 1.79. The first-order valence-electron chi connectivity index (χ1n) is 6.55. The molecule has 0 saturated carbocycles. The van der Waals surface area contributed by atoms with Gasteiger partial charge in [0, 0.05) is 9.75 Å². The Kier molecular flexibility index (Phi) is 3.23. The first kappa shape index (κ1) is 11.9. The van der Waals surface area contributed by atoms with Crippen molar-refractivity contribution < 1.29 is 5.11 Å². The number of hydrogen-bond acceptors (Lipinski definition) is 2. The van der Waals surface area contributed by atoms with E-state index in [1.165, 1.54) is 16.0 Å². The predicted molar refractivity (Wildman–Crippen MR) is 76.0 cm³/mol. The molecule has 2 heteroatoms. The van der Waals surface area contributed by atoms with E-state index in [1.807, 2.05) is 0 Å². The van der Waals surface area contributed by atoms with Gasteiger partial charge in [0.15, 0.2) is 0 Å². The van der Waals surface area contributed by atoms with Crippen molar-refractivity contribution in [3.63, 3.8) is 0 Å². The van der Waals surface area contributed by atoms with Crippen LogP contribution in [0.1, 0.15) is 33.4 Å². The molecule has 0 radical (unpaired) electrons. The fourth-order valence-corrected chi connectivity index (χ4v) is 3.80. The van der Waals surface area contributed by atoms with Crippen LogP contribution in [0.5, 0.6) is 0 Å². The standard InChI is InChI=1S/C16H18OS/c1-11-6-9-15(18-11)16(17)14-8-7-12-4-2-3-5-13(12)10-14/h2-6,9,14,16-17H,7-8,10H2,1H3. The van der Waals surface area contributed by atoms with Crippen LogP contribution < -0.4 is 0 Å². The molecule has 3 rings (SSSR count). The minimum absolute atomic E-state index is 0.294. The highest BCUT2D eigenvalue weighted by atomic mass is 32.1. The van der Waals surface area contributed by atoms with Gasteiger partial charge in [-0.3, -0.25) is 0 Å². The Hall–Kier alpha value is -1.12. The lowest BCUT2D eigenvalue weighted by molar-refractivity contribution is 0.103. The minimum Gasteiger partial charge on any atom is -0.387 e. The highest BCUT2D eigenvalue weighted by Gasteiger charge is 2.26. The number of aryl methyl sites for hydroxylation is 2. The predicted octanol–water partition coefficient (Wildman–Crippen LogP) is 3.90. The third kappa shape index (κ3) is 2.23. The van der Waals surface area contributed by atoms with Gasteiger partial charge in [0.25, 0.3) is 0 Å². The summed E-state index contributed by atoms with van der Waals surface area (Å²) in [6, 6.07) is 12.8. The van der Waals surface area contributed by atoms with Gasteiger partial charge in [-0.2, -0.15) is 0 Å². The second-order valence-electron chi connectivity index (χ2n) is 5.16. The molecule has 0 aliphatic heterocycles. The molecule has 94 valence electrons. The van der Waals surface area contributed by atoms with Gasteiger partial charge in [-0.25, -0.2) is 0 Å². The van der Waals surface area contributed by atoms with Crippen LogP contribution in [0.4, 0.5) is 0 Å². The number of rotatable bonds is 2. The van der Waals surface area contributed by atoms with Crippen LogP contribution in [0.2, 0.25) is 0 Å². The molecule has 1 N–H and O–H groups in total. The van der Waals surface area contributed by atoms with Crippen molar-refractivity contribution in [3.05, 3.63) is 57.3 Å². The molecule has 0 bridgehead atoms. The maximum atomic E-state index is 10.5. The molecule has 0 spiro atoms. The van der Waals surface area contributed by atoms with Crippen LogP contribution in [0.25, 0.3) is 0 Å². The summed E-state index contributed by atoms with van der Waals surface area (Å²) in [5.74, 6) is 0.373. The third-order valence-corrected chi connectivity index (χ3v) is 4.96. The van der Waals surface area contributed by atoms with Crippen LogP contribution >= 0.6 is 11.3 Å². The summed E-state index contributed by atoms with van der Waals surface area (Å²) >= 11 is 1.72. The van der Waals surface area contributed by atoms with E-state index in [0.717, 1.165) is 24.1 Å². The van der Waals surface area contributed by atoms with Gasteiger partial charge >= 0.3 is 0 Å². The van der Waals surface area contributed by atoms with Gasteiger partial charge in [-0.1, -0.05) is 24.3 Å². The van der Waals surface area contributed by atoms with E-state index in [1.54, 1.807) is 11.3 Å². The Labute approximate surface area is 112 Å². The zero-order valence-electron chi connectivity index (χ0n) is 10.6. The Morgan fingerprint density at radius 3 is 2.67 bits per heavy atom. The fourth-order valence-electron chi connectivity index (χ4n) is 2.84. The first-order valence-corrected chi connectivity index (χ1v) is 7.37. The van der Waals surface area contributed by atoms with Crippen LogP contribution in [0.3, 0.4) is 0 Å². The molecule has 2 unspecified atom stereocenters. The van der Waals surface area contributed by atoms with Crippen molar-refractivity contribution in [1.82, 2.24) is 0 Å². The van der Waals surface area contributed by atoms with Crippen LogP contribution in [0, 0.1) is 12.8 Å². The molecule has 18 heavy (non-hydrogen) atoms. The van der Waals surface area contributed by atoms with Gasteiger partial charge < -0.3 is 5.11 Å². The normalized spacial score (nSPS) is 20.4. The van der Waals surface area contributed by atoms with E-state index >= 15 is 0 Å². The summed E-state index contributed by atoms with van der Waals surface area (Å²) in [6.07, 6.45) is 2.91. The number of aliphatic hydroxyl groups is 1. The van der Waals surface area contributed by atoms with Crippen molar-refractivity contribution in [2.45, 2.75) is 32.3 Å². The topological polar surface area (TPSA) is 20.2 Å². The molecule has 1 aromatic heterocycles. The second kappa shape index (κ2) is 4.87. The summed E-state index contributed by atoms with van der Waals surface area (Å²) in [7, 11) is 0. The van der Waals surface area contributed by atoms with E-state index < -0.39 is 0 Å². The highest BCUT2D eigenvalue weighted by Crippen LogP contribution is 2.36. The number of benzene rings is 1. The van der Waals surface area contributed by atoms with Crippen LogP contribution in [0.15, 0.2) is 36.4 Å². The Morgan fingerprint density at radius 1 is 1.17 bits per heavy atom. The zero-order chi connectivity index (χ0) is 12.5. The first-order chi connectivity index (χ1) is 8.74. The van der Waals surface area contributed by atoms with Crippen molar-refractivity contribution in [2.24, 2.45) is 5.92 Å². The average molecular weight is 258 g/mol. The largest absolute Gasteiger partial charge is 0.387 e. The number of hydrogen-bond donors (Lipinski definition) is 1. The number of aliphatic hydroxyl groups excluding tert-OH is 1. The number of thiophene rings is 1. The summed E-state index contributed by atoms with van der Waals surface area (Å²) < 4.78 is 0. The molecule has 1 aromatic carbocycles. The maximum Gasteiger partial charge on any atom is 0.0913 e. The molecule has 0 amide bonds. The summed E-state index contributed by atoms with van der Waals surface area (Å²) in [5, 5.41) is 10.5. The molecule has 2 atom stereocenters. The van der Waals surface area contributed by atoms with E-state index in [0.29, 0.717) is 5.92 Å². The second-order valence-corrected chi connectivity index (χ2v) is 6.48. The quantitative estimate of drug-likeness (QED) is 0.866. The van der Waals surface area contributed by atoms with E-state index in [2.05, 4.69) is 43.3 Å². The minimum atomic E-state index is -0.294. The van der Waals surface area contributed by atoms with Gasteiger partial charge in [-0.15, -0.1) is 11.3 Å². The van der Waals surface area contributed by atoms with Crippen molar-refractivity contribution in [3.8, 4) is 0 Å². The Bertz CT molecular complexity index is 544. The fraction of sp³-hybridized carbons (Fsp3) is 0.375. The molecular formula is C16H18OS. The van der Waals surface area contributed by atoms with Gasteiger partial charge in [0.05, 0.1) is 6.10 Å². The van der Waals surface area contributed by atoms with Gasteiger partial charge in [0.2, 0.25) is 0 Å². The van der Waals surface area contributed by atoms with E-state index in [-0.39, 0.29) is 6.10 Å². The number of fused-ring (bicyclic) bond motifs is 1. The van der Waals surface area contributed by atoms with Crippen molar-refractivity contribution in [2.75, 3.05) is 0 Å². The smallest absolute Gasteiger partial charge is 0.0913 e. The van der Waals surface area contributed by atoms with Crippen molar-refractivity contribution >= 4 is 11.3 Å². The summed E-state index contributed by atoms with van der Waals surface area (Å²) in [5.41, 5.74) is 2.88. The molecule has 0 fully saturated rings. The van der Waals surface area contributed by atoms with Crippen LogP contribution in [-0.2, 0) is 12.8 Å². The lowest BCUT2D eigenvalue weighted by Crippen LogP contribution is -2.20. The lowest BCUT2D eigenvalue weighted by atomic mass is 9.81. The van der Waals surface area contributed by atoms with Gasteiger partial charge in [-0.05, 0) is 55.4 Å². The van der Waals surface area contributed by atoms with Crippen molar-refractivity contribution in [1.29, 1.82) is 0 Å². The molecule has 2 aromatic rings. The monoisotopic (exact) mass is 258 g/mol. The molecule has 0 saturated heterocycles. The molecular weight excluding hydrogens is 240 g/mol. The zero-order valence-corrected chi connectivity index (χ0v) is 11.4. The molecule has 1 heterocycles. The SMILES string of the molecule is Cc1ccc(C(O)C2CCc3ccccc3C2)s1. The highest BCUT2D eigenvalue weighted by molar-refractivity contribution is 7.12. The average Bonchev–Trinajstić information content (AvgIpc) is 2.84. The molecule has 1 aliphatic rings. The van der Waals surface area contributed by atoms with E-state index in [9.17, 15) is 5.11 Å².